The van der Waals surface area contributed by atoms with Crippen LogP contribution in [0.3, 0.4) is 0 Å². The van der Waals surface area contributed by atoms with E-state index < -0.39 is 0 Å². The predicted octanol–water partition coefficient (Wildman–Crippen LogP) is 3.65. The number of amides is 1. The molecule has 5 nitrogen and oxygen atoms in total. The average Bonchev–Trinajstić information content (AvgIpc) is 2.97. The third kappa shape index (κ3) is 4.31. The highest BCUT2D eigenvalue weighted by Gasteiger charge is 2.23. The van der Waals surface area contributed by atoms with Gasteiger partial charge in [0.05, 0.1) is 16.9 Å². The maximum atomic E-state index is 12.6. The minimum absolute atomic E-state index is 0.0286. The summed E-state index contributed by atoms with van der Waals surface area (Å²) < 4.78 is 0. The summed E-state index contributed by atoms with van der Waals surface area (Å²) in [6, 6.07) is 0.247. The van der Waals surface area contributed by atoms with Crippen molar-refractivity contribution in [1.29, 1.82) is 0 Å². The summed E-state index contributed by atoms with van der Waals surface area (Å²) in [4.78, 5) is 34.3. The Labute approximate surface area is 162 Å². The third-order valence-corrected chi connectivity index (χ3v) is 7.13. The largest absolute Gasteiger partial charge is 0.353 e. The molecular formula is C19H27N3O2S2. The van der Waals surface area contributed by atoms with Crippen LogP contribution in [0.2, 0.25) is 0 Å². The molecule has 0 saturated carbocycles. The van der Waals surface area contributed by atoms with Gasteiger partial charge in [-0.25, -0.2) is 4.98 Å². The lowest BCUT2D eigenvalue weighted by Crippen LogP contribution is -2.35. The number of hydrogen-bond acceptors (Lipinski definition) is 5. The molecule has 2 N–H and O–H groups in total. The fraction of sp³-hybridized carbons (Fsp3) is 0.632. The summed E-state index contributed by atoms with van der Waals surface area (Å²) in [6.07, 6.45) is 5.06. The van der Waals surface area contributed by atoms with Gasteiger partial charge in [0, 0.05) is 10.9 Å². The Bertz CT molecular complexity index is 839. The van der Waals surface area contributed by atoms with Gasteiger partial charge in [0.1, 0.15) is 10.7 Å². The number of thioether (sulfide) groups is 1. The predicted molar refractivity (Wildman–Crippen MR) is 110 cm³/mol. The van der Waals surface area contributed by atoms with Crippen LogP contribution in [-0.4, -0.2) is 27.7 Å². The number of carbonyl (C=O) groups is 1. The number of nitrogens with zero attached hydrogens (tertiary/aromatic N) is 1. The van der Waals surface area contributed by atoms with Crippen LogP contribution in [0.25, 0.3) is 10.2 Å². The van der Waals surface area contributed by atoms with E-state index in [2.05, 4.69) is 36.1 Å². The van der Waals surface area contributed by atoms with Gasteiger partial charge < -0.3 is 10.3 Å². The summed E-state index contributed by atoms with van der Waals surface area (Å²) in [6.45, 7) is 6.42. The highest BCUT2D eigenvalue weighted by Crippen LogP contribution is 2.35. The first-order chi connectivity index (χ1) is 12.5. The van der Waals surface area contributed by atoms with Gasteiger partial charge in [-0.05, 0) is 43.6 Å². The Hall–Kier alpha value is -1.34. The van der Waals surface area contributed by atoms with E-state index in [0.717, 1.165) is 42.3 Å². The van der Waals surface area contributed by atoms with Gasteiger partial charge >= 0.3 is 0 Å². The number of hydrogen-bond donors (Lipinski definition) is 2. The highest BCUT2D eigenvalue weighted by atomic mass is 32.2. The fourth-order valence-corrected chi connectivity index (χ4v) is 5.57. The molecule has 26 heavy (non-hydrogen) atoms. The van der Waals surface area contributed by atoms with Crippen molar-refractivity contribution in [1.82, 2.24) is 15.3 Å². The monoisotopic (exact) mass is 393 g/mol. The van der Waals surface area contributed by atoms with Crippen molar-refractivity contribution in [3.63, 3.8) is 0 Å². The number of carbonyl (C=O) groups excluding carboxylic acids is 1. The number of aromatic nitrogens is 2. The van der Waals surface area contributed by atoms with E-state index in [-0.39, 0.29) is 17.5 Å². The van der Waals surface area contributed by atoms with Crippen molar-refractivity contribution in [2.75, 3.05) is 5.75 Å². The van der Waals surface area contributed by atoms with Crippen molar-refractivity contribution in [3.8, 4) is 0 Å². The zero-order valence-electron chi connectivity index (χ0n) is 15.7. The molecule has 1 aliphatic rings. The summed E-state index contributed by atoms with van der Waals surface area (Å²) >= 11 is 3.16. The van der Waals surface area contributed by atoms with E-state index >= 15 is 0 Å². The lowest BCUT2D eigenvalue weighted by atomic mass is 9.89. The number of aromatic amines is 1. The second kappa shape index (κ2) is 8.57. The van der Waals surface area contributed by atoms with Crippen LogP contribution in [0.15, 0.2) is 4.79 Å². The SMILES string of the molecule is CCC(CC)NC(=O)CSCc1nc2sc3c(c2c(=O)[nH]1)CC[C@H](C)C3. The van der Waals surface area contributed by atoms with Crippen molar-refractivity contribution in [2.45, 2.75) is 64.7 Å². The summed E-state index contributed by atoms with van der Waals surface area (Å²) in [7, 11) is 0. The van der Waals surface area contributed by atoms with Crippen molar-refractivity contribution in [3.05, 3.63) is 26.6 Å². The van der Waals surface area contributed by atoms with Gasteiger partial charge in [-0.2, -0.15) is 0 Å². The first-order valence-corrected chi connectivity index (χ1v) is 11.4. The van der Waals surface area contributed by atoms with Crippen LogP contribution >= 0.6 is 23.1 Å². The van der Waals surface area contributed by atoms with Crippen molar-refractivity contribution < 1.29 is 4.79 Å². The number of aryl methyl sites for hydroxylation is 1. The molecule has 0 aliphatic heterocycles. The molecule has 7 heteroatoms. The molecule has 0 radical (unpaired) electrons. The summed E-state index contributed by atoms with van der Waals surface area (Å²) in [5.74, 6) is 2.32. The highest BCUT2D eigenvalue weighted by molar-refractivity contribution is 7.99. The van der Waals surface area contributed by atoms with E-state index in [9.17, 15) is 9.59 Å². The molecule has 2 aromatic rings. The second-order valence-corrected chi connectivity index (χ2v) is 9.19. The van der Waals surface area contributed by atoms with Crippen LogP contribution in [0.5, 0.6) is 0 Å². The average molecular weight is 394 g/mol. The normalized spacial score (nSPS) is 16.8. The minimum atomic E-state index is -0.0286. The van der Waals surface area contributed by atoms with Crippen LogP contribution in [-0.2, 0) is 23.4 Å². The van der Waals surface area contributed by atoms with E-state index in [4.69, 9.17) is 0 Å². The number of thiophene rings is 1. The Kier molecular flexibility index (Phi) is 6.40. The van der Waals surface area contributed by atoms with Gasteiger partial charge in [0.25, 0.3) is 5.56 Å². The Balaban J connectivity index is 1.66. The number of nitrogens with one attached hydrogen (secondary N) is 2. The maximum absolute atomic E-state index is 12.6. The van der Waals surface area contributed by atoms with Gasteiger partial charge in [0.2, 0.25) is 5.91 Å². The molecule has 1 amide bonds. The lowest BCUT2D eigenvalue weighted by molar-refractivity contribution is -0.119. The van der Waals surface area contributed by atoms with Gasteiger partial charge in [-0.1, -0.05) is 20.8 Å². The molecule has 3 rings (SSSR count). The molecule has 0 spiro atoms. The molecule has 0 aromatic carbocycles. The van der Waals surface area contributed by atoms with Crippen molar-refractivity contribution >= 4 is 39.2 Å². The number of H-pyrrole nitrogens is 1. The Morgan fingerprint density at radius 1 is 1.42 bits per heavy atom. The van der Waals surface area contributed by atoms with Crippen LogP contribution in [0.1, 0.15) is 56.3 Å². The zero-order valence-corrected chi connectivity index (χ0v) is 17.3. The number of rotatable bonds is 7. The molecule has 2 aromatic heterocycles. The van der Waals surface area contributed by atoms with E-state index in [1.807, 2.05) is 0 Å². The minimum Gasteiger partial charge on any atom is -0.353 e. The van der Waals surface area contributed by atoms with Gasteiger partial charge in [0.15, 0.2) is 0 Å². The van der Waals surface area contributed by atoms with E-state index in [1.54, 1.807) is 11.3 Å². The van der Waals surface area contributed by atoms with E-state index in [1.165, 1.54) is 22.2 Å². The van der Waals surface area contributed by atoms with Gasteiger partial charge in [-0.15, -0.1) is 23.1 Å². The van der Waals surface area contributed by atoms with E-state index in [0.29, 0.717) is 23.2 Å². The second-order valence-electron chi connectivity index (χ2n) is 7.12. The molecule has 0 saturated heterocycles. The fourth-order valence-electron chi connectivity index (χ4n) is 3.46. The molecule has 2 heterocycles. The molecule has 1 aliphatic carbocycles. The van der Waals surface area contributed by atoms with Crippen LogP contribution < -0.4 is 10.9 Å². The van der Waals surface area contributed by atoms with Gasteiger partial charge in [-0.3, -0.25) is 9.59 Å². The maximum Gasteiger partial charge on any atom is 0.259 e. The third-order valence-electron chi connectivity index (χ3n) is 5.04. The molecule has 142 valence electrons. The molecule has 0 unspecified atom stereocenters. The first-order valence-electron chi connectivity index (χ1n) is 9.42. The Morgan fingerprint density at radius 3 is 2.92 bits per heavy atom. The molecule has 1 atom stereocenters. The van der Waals surface area contributed by atoms with Crippen molar-refractivity contribution in [2.24, 2.45) is 5.92 Å². The van der Waals surface area contributed by atoms with Crippen LogP contribution in [0, 0.1) is 5.92 Å². The van der Waals surface area contributed by atoms with Crippen LogP contribution in [0.4, 0.5) is 0 Å². The molecule has 0 fully saturated rings. The lowest BCUT2D eigenvalue weighted by Gasteiger charge is -2.17. The quantitative estimate of drug-likeness (QED) is 0.753. The molecule has 0 bridgehead atoms. The smallest absolute Gasteiger partial charge is 0.259 e. The Morgan fingerprint density at radius 2 is 2.19 bits per heavy atom. The summed E-state index contributed by atoms with van der Waals surface area (Å²) in [5.41, 5.74) is 1.18. The molecular weight excluding hydrogens is 366 g/mol. The first kappa shape index (κ1) is 19.4. The number of fused-ring (bicyclic) bond motifs is 3. The topological polar surface area (TPSA) is 74.8 Å². The standard InChI is InChI=1S/C19H27N3O2S2/c1-4-12(5-2)20-16(23)10-25-9-15-21-18(24)17-13-7-6-11(3)8-14(13)26-19(17)22-15/h11-12H,4-10H2,1-3H3,(H,20,23)(H,21,22,24)/t11-/m0/s1. The zero-order chi connectivity index (χ0) is 18.7. The summed E-state index contributed by atoms with van der Waals surface area (Å²) in [5, 5.41) is 3.82.